The molecule has 2 aliphatic rings. The van der Waals surface area contributed by atoms with Gasteiger partial charge >= 0.3 is 6.09 Å². The quantitative estimate of drug-likeness (QED) is 0.389. The maximum atomic E-state index is 13.0. The fourth-order valence-electron chi connectivity index (χ4n) is 5.77. The lowest BCUT2D eigenvalue weighted by Crippen LogP contribution is -2.37. The van der Waals surface area contributed by atoms with Gasteiger partial charge in [0.15, 0.2) is 5.82 Å². The first kappa shape index (κ1) is 26.3. The van der Waals surface area contributed by atoms with Crippen LogP contribution >= 0.6 is 0 Å². The fourth-order valence-corrected chi connectivity index (χ4v) is 5.77. The zero-order chi connectivity index (χ0) is 28.0. The van der Waals surface area contributed by atoms with Gasteiger partial charge in [-0.25, -0.2) is 14.3 Å². The highest BCUT2D eigenvalue weighted by molar-refractivity contribution is 5.91. The predicted octanol–water partition coefficient (Wildman–Crippen LogP) is 4.24. The Hall–Kier alpha value is -3.96. The summed E-state index contributed by atoms with van der Waals surface area (Å²) in [6.07, 6.45) is 4.42. The fraction of sp³-hybridized carbons (Fsp3) is 0.448. The van der Waals surface area contributed by atoms with Gasteiger partial charge in [-0.2, -0.15) is 10.2 Å². The van der Waals surface area contributed by atoms with E-state index in [1.165, 1.54) is 6.33 Å². The number of ether oxygens (including phenoxy) is 2. The Morgan fingerprint density at radius 2 is 1.93 bits per heavy atom. The third-order valence-corrected chi connectivity index (χ3v) is 7.54. The first-order chi connectivity index (χ1) is 19.2. The molecule has 11 heteroatoms. The molecule has 1 amide bonds. The number of amides is 1. The second kappa shape index (κ2) is 10.2. The molecule has 0 saturated carbocycles. The van der Waals surface area contributed by atoms with Gasteiger partial charge < -0.3 is 20.3 Å². The molecule has 4 aromatic rings. The second-order valence-corrected chi connectivity index (χ2v) is 11.5. The van der Waals surface area contributed by atoms with Gasteiger partial charge in [-0.1, -0.05) is 18.2 Å². The SMILES string of the molecule is CC(C)(C)OC(=O)N1C[C@H](O)C[C@H]1c1cccc(-c2cc(-c3ccnn3C3CCOCC3)c3c(N)ncnn23)c1. The first-order valence-corrected chi connectivity index (χ1v) is 13.7. The molecule has 0 spiro atoms. The number of nitrogens with two attached hydrogens (primary N) is 1. The van der Waals surface area contributed by atoms with Crippen molar-refractivity contribution in [2.75, 3.05) is 25.5 Å². The van der Waals surface area contributed by atoms with Crippen LogP contribution in [0.15, 0.2) is 48.9 Å². The number of rotatable bonds is 4. The maximum Gasteiger partial charge on any atom is 0.410 e. The minimum Gasteiger partial charge on any atom is -0.444 e. The van der Waals surface area contributed by atoms with Gasteiger partial charge in [-0.15, -0.1) is 0 Å². The average molecular weight is 546 g/mol. The number of hydrogen-bond donors (Lipinski definition) is 2. The third-order valence-electron chi connectivity index (χ3n) is 7.54. The Kier molecular flexibility index (Phi) is 6.71. The van der Waals surface area contributed by atoms with Crippen LogP contribution in [0, 0.1) is 0 Å². The van der Waals surface area contributed by atoms with E-state index in [2.05, 4.69) is 25.9 Å². The van der Waals surface area contributed by atoms with Crippen molar-refractivity contribution in [2.24, 2.45) is 0 Å². The monoisotopic (exact) mass is 545 g/mol. The number of aromatic nitrogens is 5. The van der Waals surface area contributed by atoms with E-state index in [0.717, 1.165) is 40.9 Å². The van der Waals surface area contributed by atoms with Crippen molar-refractivity contribution in [2.45, 2.75) is 63.8 Å². The van der Waals surface area contributed by atoms with Crippen molar-refractivity contribution in [3.05, 3.63) is 54.5 Å². The Morgan fingerprint density at radius 3 is 2.70 bits per heavy atom. The summed E-state index contributed by atoms with van der Waals surface area (Å²) < 4.78 is 15.1. The normalized spacial score (nSPS) is 20.4. The van der Waals surface area contributed by atoms with E-state index in [1.807, 2.05) is 61.8 Å². The molecule has 1 aromatic carbocycles. The lowest BCUT2D eigenvalue weighted by Gasteiger charge is -2.28. The molecular formula is C29H35N7O4. The standard InChI is InChI=1S/C29H35N7O4/c1-29(2,3)40-28(38)34-16-21(37)14-24(34)18-5-4-6-19(13-18)25-15-22(26-27(30)31-17-33-36(25)26)23-7-10-32-35(23)20-8-11-39-12-9-20/h4-7,10,13,15,17,20-21,24,37H,8-9,11-12,14,16H2,1-3H3,(H2,30,31,33)/t21-,24+/m1/s1. The molecule has 2 saturated heterocycles. The number of aliphatic hydroxyl groups is 1. The number of hydrogen-bond acceptors (Lipinski definition) is 8. The van der Waals surface area contributed by atoms with Crippen molar-refractivity contribution >= 4 is 17.4 Å². The Bertz CT molecular complexity index is 1530. The summed E-state index contributed by atoms with van der Waals surface area (Å²) in [5, 5.41) is 19.7. The molecule has 11 nitrogen and oxygen atoms in total. The number of anilines is 1. The van der Waals surface area contributed by atoms with Gasteiger partial charge in [0.2, 0.25) is 0 Å². The zero-order valence-electron chi connectivity index (χ0n) is 23.0. The molecule has 6 rings (SSSR count). The van der Waals surface area contributed by atoms with Crippen LogP contribution in [0.1, 0.15) is 57.7 Å². The van der Waals surface area contributed by atoms with Crippen LogP contribution in [0.25, 0.3) is 28.0 Å². The lowest BCUT2D eigenvalue weighted by atomic mass is 10.00. The Morgan fingerprint density at radius 1 is 1.12 bits per heavy atom. The van der Waals surface area contributed by atoms with Crippen molar-refractivity contribution in [1.29, 1.82) is 0 Å². The number of β-amino-alcohol motifs (C(OH)–C–C–N with tert-alkyl or cyclic N) is 1. The second-order valence-electron chi connectivity index (χ2n) is 11.5. The highest BCUT2D eigenvalue weighted by Crippen LogP contribution is 2.39. The van der Waals surface area contributed by atoms with Crippen molar-refractivity contribution in [3.63, 3.8) is 0 Å². The van der Waals surface area contributed by atoms with E-state index in [9.17, 15) is 9.90 Å². The maximum absolute atomic E-state index is 13.0. The summed E-state index contributed by atoms with van der Waals surface area (Å²) in [6, 6.07) is 12.0. The number of nitrogen functional groups attached to an aromatic ring is 1. The summed E-state index contributed by atoms with van der Waals surface area (Å²) in [6.45, 7) is 7.15. The number of aliphatic hydroxyl groups excluding tert-OH is 1. The van der Waals surface area contributed by atoms with E-state index in [-0.39, 0.29) is 18.6 Å². The number of carbonyl (C=O) groups excluding carboxylic acids is 1. The minimum absolute atomic E-state index is 0.224. The molecule has 3 aromatic heterocycles. The van der Waals surface area contributed by atoms with Gasteiger partial charge in [0.25, 0.3) is 0 Å². The van der Waals surface area contributed by atoms with E-state index in [0.29, 0.717) is 31.0 Å². The van der Waals surface area contributed by atoms with Gasteiger partial charge in [0.05, 0.1) is 36.1 Å². The van der Waals surface area contributed by atoms with Crippen molar-refractivity contribution in [1.82, 2.24) is 29.3 Å². The summed E-state index contributed by atoms with van der Waals surface area (Å²) in [5.41, 5.74) is 11.0. The number of carbonyl (C=O) groups is 1. The average Bonchev–Trinajstić information content (AvgIpc) is 3.65. The number of fused-ring (bicyclic) bond motifs is 1. The third kappa shape index (κ3) is 4.90. The van der Waals surface area contributed by atoms with E-state index in [1.54, 1.807) is 4.90 Å². The lowest BCUT2D eigenvalue weighted by molar-refractivity contribution is 0.0206. The highest BCUT2D eigenvalue weighted by atomic mass is 16.6. The van der Waals surface area contributed by atoms with Crippen LogP contribution in [0.4, 0.5) is 10.6 Å². The number of likely N-dealkylation sites (tertiary alicyclic amines) is 1. The van der Waals surface area contributed by atoms with Crippen LogP contribution in [0.2, 0.25) is 0 Å². The van der Waals surface area contributed by atoms with Crippen molar-refractivity contribution < 1.29 is 19.4 Å². The minimum atomic E-state index is -0.630. The summed E-state index contributed by atoms with van der Waals surface area (Å²) in [4.78, 5) is 18.9. The van der Waals surface area contributed by atoms with Gasteiger partial charge in [-0.3, -0.25) is 9.58 Å². The van der Waals surface area contributed by atoms with Crippen LogP contribution in [-0.4, -0.2) is 71.9 Å². The molecular weight excluding hydrogens is 510 g/mol. The molecule has 5 heterocycles. The summed E-state index contributed by atoms with van der Waals surface area (Å²) in [7, 11) is 0. The summed E-state index contributed by atoms with van der Waals surface area (Å²) >= 11 is 0. The molecule has 0 unspecified atom stereocenters. The smallest absolute Gasteiger partial charge is 0.410 e. The van der Waals surface area contributed by atoms with Crippen LogP contribution in [0.5, 0.6) is 0 Å². The van der Waals surface area contributed by atoms with E-state index < -0.39 is 17.8 Å². The molecule has 210 valence electrons. The van der Waals surface area contributed by atoms with E-state index in [4.69, 9.17) is 15.2 Å². The number of nitrogens with zero attached hydrogens (tertiary/aromatic N) is 6. The Labute approximate surface area is 232 Å². The molecule has 2 aliphatic heterocycles. The van der Waals surface area contributed by atoms with Gasteiger partial charge in [0, 0.05) is 30.5 Å². The zero-order valence-corrected chi connectivity index (χ0v) is 23.0. The first-order valence-electron chi connectivity index (χ1n) is 13.7. The van der Waals surface area contributed by atoms with Crippen LogP contribution < -0.4 is 5.73 Å². The molecule has 2 atom stereocenters. The van der Waals surface area contributed by atoms with Crippen LogP contribution in [0.3, 0.4) is 0 Å². The topological polar surface area (TPSA) is 133 Å². The van der Waals surface area contributed by atoms with Gasteiger partial charge in [0.1, 0.15) is 17.4 Å². The molecule has 3 N–H and O–H groups in total. The number of benzene rings is 1. The predicted molar refractivity (Wildman–Crippen MR) is 149 cm³/mol. The summed E-state index contributed by atoms with van der Waals surface area (Å²) in [5.74, 6) is 0.377. The molecule has 0 bridgehead atoms. The molecule has 2 fully saturated rings. The van der Waals surface area contributed by atoms with Crippen LogP contribution in [-0.2, 0) is 9.47 Å². The van der Waals surface area contributed by atoms with Gasteiger partial charge in [-0.05, 0) is 63.8 Å². The van der Waals surface area contributed by atoms with Crippen molar-refractivity contribution in [3.8, 4) is 22.5 Å². The molecule has 0 aliphatic carbocycles. The largest absolute Gasteiger partial charge is 0.444 e. The molecule has 40 heavy (non-hydrogen) atoms. The highest BCUT2D eigenvalue weighted by Gasteiger charge is 2.38. The molecule has 0 radical (unpaired) electrons. The Balaban J connectivity index is 1.41. The van der Waals surface area contributed by atoms with E-state index >= 15 is 0 Å².